The van der Waals surface area contributed by atoms with Gasteiger partial charge in [-0.2, -0.15) is 0 Å². The van der Waals surface area contributed by atoms with Gasteiger partial charge in [0.15, 0.2) is 0 Å². The van der Waals surface area contributed by atoms with Crippen molar-refractivity contribution < 1.29 is 14.5 Å². The van der Waals surface area contributed by atoms with E-state index in [2.05, 4.69) is 16.9 Å². The van der Waals surface area contributed by atoms with Crippen LogP contribution in [0.5, 0.6) is 0 Å². The zero-order valence-electron chi connectivity index (χ0n) is 11.7. The number of H-pyrrole nitrogens is 2. The van der Waals surface area contributed by atoms with Crippen LogP contribution in [0.2, 0.25) is 0 Å². The molecular formula is C15H20N3O2+. The Kier molecular flexibility index (Phi) is 3.69. The summed E-state index contributed by atoms with van der Waals surface area (Å²) in [4.78, 5) is 20.7. The molecule has 1 fully saturated rings. The summed E-state index contributed by atoms with van der Waals surface area (Å²) in [7, 11) is 0. The van der Waals surface area contributed by atoms with Gasteiger partial charge in [-0.05, 0) is 25.0 Å². The summed E-state index contributed by atoms with van der Waals surface area (Å²) in [6.45, 7) is 4.28. The lowest BCUT2D eigenvalue weighted by molar-refractivity contribution is -0.347. The molecule has 1 saturated heterocycles. The Hall–Kier alpha value is -1.88. The van der Waals surface area contributed by atoms with Gasteiger partial charge in [-0.25, -0.2) is 9.97 Å². The van der Waals surface area contributed by atoms with Crippen molar-refractivity contribution in [3.63, 3.8) is 0 Å². The number of fused-ring (bicyclic) bond motifs is 1. The molecule has 1 aliphatic rings. The number of rotatable bonds is 2. The highest BCUT2D eigenvalue weighted by molar-refractivity contribution is 5.96. The van der Waals surface area contributed by atoms with Gasteiger partial charge in [0.05, 0.1) is 23.3 Å². The van der Waals surface area contributed by atoms with Gasteiger partial charge >= 0.3 is 0 Å². The zero-order chi connectivity index (χ0) is 13.9. The average molecular weight is 274 g/mol. The number of aromatic amines is 2. The summed E-state index contributed by atoms with van der Waals surface area (Å²) in [5.41, 5.74) is 1.64. The number of carbonyl (C=O) groups is 1. The van der Waals surface area contributed by atoms with E-state index in [4.69, 9.17) is 4.74 Å². The number of ether oxygens (including phenoxy) is 1. The first-order valence-electron chi connectivity index (χ1n) is 7.17. The molecule has 3 heterocycles. The Morgan fingerprint density at radius 3 is 3.35 bits per heavy atom. The van der Waals surface area contributed by atoms with Crippen molar-refractivity contribution in [1.29, 1.82) is 0 Å². The Morgan fingerprint density at radius 2 is 2.50 bits per heavy atom. The summed E-state index contributed by atoms with van der Waals surface area (Å²) in [5, 5.41) is 1.02. The predicted molar refractivity (Wildman–Crippen MR) is 75.4 cm³/mol. The second kappa shape index (κ2) is 5.63. The standard InChI is InChI=1S/C15H19N3O2/c1-2-13-10-18(6-3-7-20-13)15(19)12-8-11-4-5-16-14(11)17-9-12/h4-5,8-9,13H,2-3,6-7,10H2,1H3,(H,16,17)/p+1/t13-/m1/s1. The van der Waals surface area contributed by atoms with Gasteiger partial charge in [-0.1, -0.05) is 6.92 Å². The second-order valence-electron chi connectivity index (χ2n) is 5.20. The molecule has 1 atom stereocenters. The summed E-state index contributed by atoms with van der Waals surface area (Å²) < 4.78 is 5.72. The topological polar surface area (TPSA) is 59.5 Å². The van der Waals surface area contributed by atoms with Gasteiger partial charge in [0.2, 0.25) is 0 Å². The molecule has 1 amide bonds. The number of nitrogens with zero attached hydrogens (tertiary/aromatic N) is 1. The lowest BCUT2D eigenvalue weighted by Crippen LogP contribution is -2.37. The number of hydrogen-bond donors (Lipinski definition) is 1. The molecule has 20 heavy (non-hydrogen) atoms. The fourth-order valence-electron chi connectivity index (χ4n) is 2.62. The number of amides is 1. The Bertz CT molecular complexity index is 608. The molecule has 1 aliphatic heterocycles. The van der Waals surface area contributed by atoms with E-state index in [-0.39, 0.29) is 12.0 Å². The quantitative estimate of drug-likeness (QED) is 0.904. The number of pyridine rings is 1. The molecule has 0 bridgehead atoms. The molecule has 0 saturated carbocycles. The molecule has 0 spiro atoms. The number of nitrogens with one attached hydrogen (secondary N) is 2. The maximum Gasteiger partial charge on any atom is 0.284 e. The fraction of sp³-hybridized carbons (Fsp3) is 0.467. The molecule has 2 aromatic rings. The monoisotopic (exact) mass is 274 g/mol. The van der Waals surface area contributed by atoms with E-state index < -0.39 is 0 Å². The first-order chi connectivity index (χ1) is 9.78. The Balaban J connectivity index is 1.82. The number of carbonyl (C=O) groups excluding carboxylic acids is 1. The van der Waals surface area contributed by atoms with Crippen LogP contribution in [0.4, 0.5) is 0 Å². The van der Waals surface area contributed by atoms with E-state index in [9.17, 15) is 4.79 Å². The number of aromatic nitrogens is 2. The Labute approximate surface area is 117 Å². The molecule has 3 rings (SSSR count). The molecule has 2 N–H and O–H groups in total. The average Bonchev–Trinajstić information content (AvgIpc) is 2.81. The van der Waals surface area contributed by atoms with E-state index in [1.165, 1.54) is 0 Å². The van der Waals surface area contributed by atoms with Gasteiger partial charge in [0.25, 0.3) is 11.6 Å². The van der Waals surface area contributed by atoms with E-state index >= 15 is 0 Å². The molecule has 0 unspecified atom stereocenters. The smallest absolute Gasteiger partial charge is 0.284 e. The normalized spacial score (nSPS) is 20.1. The summed E-state index contributed by atoms with van der Waals surface area (Å²) in [6, 6.07) is 3.89. The highest BCUT2D eigenvalue weighted by atomic mass is 16.5. The van der Waals surface area contributed by atoms with Crippen LogP contribution in [0, 0.1) is 0 Å². The molecule has 0 aliphatic carbocycles. The Morgan fingerprint density at radius 1 is 1.60 bits per heavy atom. The van der Waals surface area contributed by atoms with E-state index in [0.717, 1.165) is 37.0 Å². The van der Waals surface area contributed by atoms with Crippen molar-refractivity contribution in [3.8, 4) is 0 Å². The third-order valence-corrected chi connectivity index (χ3v) is 3.80. The van der Waals surface area contributed by atoms with Crippen LogP contribution in [0.25, 0.3) is 11.0 Å². The second-order valence-corrected chi connectivity index (χ2v) is 5.20. The minimum Gasteiger partial charge on any atom is -0.376 e. The van der Waals surface area contributed by atoms with Crippen LogP contribution in [-0.2, 0) is 4.74 Å². The summed E-state index contributed by atoms with van der Waals surface area (Å²) in [5.74, 6) is 0.0771. The third kappa shape index (κ3) is 2.54. The molecule has 0 aromatic carbocycles. The predicted octanol–water partition coefficient (Wildman–Crippen LogP) is 1.62. The van der Waals surface area contributed by atoms with Gasteiger partial charge in [-0.3, -0.25) is 4.79 Å². The molecular weight excluding hydrogens is 254 g/mol. The highest BCUT2D eigenvalue weighted by Crippen LogP contribution is 2.14. The zero-order valence-corrected chi connectivity index (χ0v) is 11.7. The van der Waals surface area contributed by atoms with Crippen molar-refractivity contribution in [2.24, 2.45) is 0 Å². The van der Waals surface area contributed by atoms with Crippen LogP contribution in [0.1, 0.15) is 30.1 Å². The van der Waals surface area contributed by atoms with Crippen molar-refractivity contribution in [1.82, 2.24) is 9.88 Å². The maximum absolute atomic E-state index is 12.6. The van der Waals surface area contributed by atoms with Gasteiger partial charge in [0, 0.05) is 19.7 Å². The van der Waals surface area contributed by atoms with Crippen LogP contribution in [0.3, 0.4) is 0 Å². The molecule has 2 aromatic heterocycles. The molecule has 106 valence electrons. The summed E-state index contributed by atoms with van der Waals surface area (Å²) in [6.07, 6.45) is 5.63. The fourth-order valence-corrected chi connectivity index (χ4v) is 2.62. The highest BCUT2D eigenvalue weighted by Gasteiger charge is 2.23. The lowest BCUT2D eigenvalue weighted by atomic mass is 10.2. The van der Waals surface area contributed by atoms with E-state index in [0.29, 0.717) is 12.1 Å². The van der Waals surface area contributed by atoms with Crippen LogP contribution in [-0.4, -0.2) is 41.6 Å². The number of hydrogen-bond acceptors (Lipinski definition) is 2. The van der Waals surface area contributed by atoms with Crippen molar-refractivity contribution in [2.45, 2.75) is 25.9 Å². The first kappa shape index (κ1) is 13.1. The van der Waals surface area contributed by atoms with Gasteiger partial charge in [-0.15, -0.1) is 0 Å². The van der Waals surface area contributed by atoms with E-state index in [1.54, 1.807) is 6.20 Å². The first-order valence-corrected chi connectivity index (χ1v) is 7.17. The largest absolute Gasteiger partial charge is 0.376 e. The van der Waals surface area contributed by atoms with E-state index in [1.807, 2.05) is 23.2 Å². The van der Waals surface area contributed by atoms with Crippen molar-refractivity contribution in [3.05, 3.63) is 30.1 Å². The molecule has 5 nitrogen and oxygen atoms in total. The van der Waals surface area contributed by atoms with Crippen molar-refractivity contribution in [2.75, 3.05) is 19.7 Å². The minimum atomic E-state index is 0.0771. The SMILES string of the molecule is CC[C@@H]1CN(C(=O)c2c[nH+]c3[nH]ccc3c2)CCCO1. The third-order valence-electron chi connectivity index (χ3n) is 3.80. The van der Waals surface area contributed by atoms with Crippen LogP contribution < -0.4 is 4.98 Å². The van der Waals surface area contributed by atoms with Crippen LogP contribution in [0.15, 0.2) is 24.5 Å². The maximum atomic E-state index is 12.6. The lowest BCUT2D eigenvalue weighted by Gasteiger charge is -2.23. The molecule has 0 radical (unpaired) electrons. The van der Waals surface area contributed by atoms with Gasteiger partial charge in [0.1, 0.15) is 6.20 Å². The summed E-state index contributed by atoms with van der Waals surface area (Å²) >= 11 is 0. The minimum absolute atomic E-state index is 0.0771. The molecule has 5 heteroatoms. The van der Waals surface area contributed by atoms with Crippen LogP contribution >= 0.6 is 0 Å². The van der Waals surface area contributed by atoms with Gasteiger partial charge < -0.3 is 9.64 Å². The van der Waals surface area contributed by atoms with Crippen molar-refractivity contribution >= 4 is 16.9 Å².